The van der Waals surface area contributed by atoms with Gasteiger partial charge in [-0.2, -0.15) is 0 Å². The molecule has 2 atom stereocenters. The van der Waals surface area contributed by atoms with Gasteiger partial charge in [0.15, 0.2) is 0 Å². The summed E-state index contributed by atoms with van der Waals surface area (Å²) >= 11 is 0. The minimum atomic E-state index is 0.200. The first kappa shape index (κ1) is 11.3. The number of hydrogen-bond acceptors (Lipinski definition) is 1. The molecule has 0 aliphatic carbocycles. The largest absolute Gasteiger partial charge is 0.324 e. The van der Waals surface area contributed by atoms with Crippen molar-refractivity contribution in [3.8, 4) is 0 Å². The fourth-order valence-electron chi connectivity index (χ4n) is 1.73. The smallest absolute Gasteiger partial charge is 0.0300 e. The molecule has 0 spiro atoms. The molecule has 78 valence electrons. The summed E-state index contributed by atoms with van der Waals surface area (Å²) in [5.74, 6) is 0.713. The highest BCUT2D eigenvalue weighted by molar-refractivity contribution is 5.28. The molecule has 0 aliphatic rings. The van der Waals surface area contributed by atoms with Crippen LogP contribution in [0.1, 0.15) is 43.9 Å². The zero-order chi connectivity index (χ0) is 10.6. The molecule has 0 heterocycles. The first-order chi connectivity index (χ1) is 6.65. The van der Waals surface area contributed by atoms with Gasteiger partial charge in [0.05, 0.1) is 0 Å². The van der Waals surface area contributed by atoms with Crippen LogP contribution in [0.5, 0.6) is 0 Å². The van der Waals surface area contributed by atoms with Gasteiger partial charge in [-0.25, -0.2) is 0 Å². The van der Waals surface area contributed by atoms with E-state index >= 15 is 0 Å². The molecule has 0 fully saturated rings. The van der Waals surface area contributed by atoms with Crippen LogP contribution in [0, 0.1) is 12.8 Å². The Bertz CT molecular complexity index is 280. The summed E-state index contributed by atoms with van der Waals surface area (Å²) in [6, 6.07) is 8.60. The molecule has 0 aromatic heterocycles. The van der Waals surface area contributed by atoms with Crippen LogP contribution in [-0.2, 0) is 0 Å². The van der Waals surface area contributed by atoms with Crippen LogP contribution in [0.25, 0.3) is 0 Å². The Kier molecular flexibility index (Phi) is 4.15. The minimum Gasteiger partial charge on any atom is -0.324 e. The molecular weight excluding hydrogens is 170 g/mol. The minimum absolute atomic E-state index is 0.200. The highest BCUT2D eigenvalue weighted by Crippen LogP contribution is 2.22. The molecule has 0 bridgehead atoms. The summed E-state index contributed by atoms with van der Waals surface area (Å²) in [6.45, 7) is 6.61. The van der Waals surface area contributed by atoms with Crippen molar-refractivity contribution in [1.29, 1.82) is 0 Å². The van der Waals surface area contributed by atoms with Gasteiger partial charge >= 0.3 is 0 Å². The number of nitrogens with two attached hydrogens (primary N) is 1. The van der Waals surface area contributed by atoms with Crippen LogP contribution >= 0.6 is 0 Å². The summed E-state index contributed by atoms with van der Waals surface area (Å²) in [4.78, 5) is 0. The van der Waals surface area contributed by atoms with Gasteiger partial charge in [0.25, 0.3) is 0 Å². The normalized spacial score (nSPS) is 15.1. The van der Waals surface area contributed by atoms with Gasteiger partial charge in [-0.3, -0.25) is 0 Å². The van der Waals surface area contributed by atoms with Gasteiger partial charge in [0, 0.05) is 6.04 Å². The Morgan fingerprint density at radius 2 is 1.93 bits per heavy atom. The van der Waals surface area contributed by atoms with Crippen LogP contribution in [-0.4, -0.2) is 0 Å². The third kappa shape index (κ3) is 2.85. The van der Waals surface area contributed by atoms with Gasteiger partial charge in [-0.05, 0) is 30.4 Å². The maximum Gasteiger partial charge on any atom is 0.0300 e. The summed E-state index contributed by atoms with van der Waals surface area (Å²) in [5.41, 5.74) is 8.78. The quantitative estimate of drug-likeness (QED) is 0.775. The van der Waals surface area contributed by atoms with Crippen molar-refractivity contribution in [1.82, 2.24) is 0 Å². The molecule has 0 saturated carbocycles. The van der Waals surface area contributed by atoms with E-state index in [1.807, 2.05) is 0 Å². The topological polar surface area (TPSA) is 26.0 Å². The Morgan fingerprint density at radius 1 is 1.29 bits per heavy atom. The molecule has 0 saturated heterocycles. The van der Waals surface area contributed by atoms with Crippen molar-refractivity contribution in [2.45, 2.75) is 39.7 Å². The maximum absolute atomic E-state index is 6.17. The van der Waals surface area contributed by atoms with Gasteiger partial charge < -0.3 is 5.73 Å². The molecule has 1 aromatic rings. The van der Waals surface area contributed by atoms with Crippen molar-refractivity contribution < 1.29 is 0 Å². The zero-order valence-corrected chi connectivity index (χ0v) is 9.46. The molecule has 2 unspecified atom stereocenters. The monoisotopic (exact) mass is 191 g/mol. The first-order valence-electron chi connectivity index (χ1n) is 5.46. The summed E-state index contributed by atoms with van der Waals surface area (Å²) in [5, 5.41) is 0. The first-order valence-corrected chi connectivity index (χ1v) is 5.46. The second kappa shape index (κ2) is 5.16. The molecule has 14 heavy (non-hydrogen) atoms. The van der Waals surface area contributed by atoms with Crippen LogP contribution < -0.4 is 5.73 Å². The lowest BCUT2D eigenvalue weighted by atomic mass is 9.93. The number of aryl methyl sites for hydroxylation is 1. The van der Waals surface area contributed by atoms with Crippen molar-refractivity contribution in [3.05, 3.63) is 35.4 Å². The molecular formula is C13H21N. The summed E-state index contributed by atoms with van der Waals surface area (Å²) in [7, 11) is 0. The molecule has 0 aliphatic heterocycles. The van der Waals surface area contributed by atoms with E-state index in [1.54, 1.807) is 0 Å². The summed E-state index contributed by atoms with van der Waals surface area (Å²) in [6.07, 6.45) is 2.29. The number of benzene rings is 1. The fraction of sp³-hybridized carbons (Fsp3) is 0.538. The zero-order valence-electron chi connectivity index (χ0n) is 9.46. The van der Waals surface area contributed by atoms with E-state index in [4.69, 9.17) is 5.73 Å². The molecule has 2 N–H and O–H groups in total. The average molecular weight is 191 g/mol. The predicted octanol–water partition coefficient (Wildman–Crippen LogP) is 3.43. The summed E-state index contributed by atoms with van der Waals surface area (Å²) < 4.78 is 0. The van der Waals surface area contributed by atoms with Crippen molar-refractivity contribution in [2.24, 2.45) is 11.7 Å². The van der Waals surface area contributed by atoms with E-state index in [9.17, 15) is 0 Å². The molecule has 1 nitrogen and oxygen atoms in total. The predicted molar refractivity (Wildman–Crippen MR) is 62.2 cm³/mol. The lowest BCUT2D eigenvalue weighted by Gasteiger charge is -2.18. The van der Waals surface area contributed by atoms with Crippen molar-refractivity contribution >= 4 is 0 Å². The average Bonchev–Trinajstić information content (AvgIpc) is 2.18. The van der Waals surface area contributed by atoms with E-state index in [-0.39, 0.29) is 6.04 Å². The second-order valence-electron chi connectivity index (χ2n) is 4.21. The van der Waals surface area contributed by atoms with Crippen LogP contribution in [0.4, 0.5) is 0 Å². The Hall–Kier alpha value is -0.820. The van der Waals surface area contributed by atoms with E-state index in [0.29, 0.717) is 5.92 Å². The lowest BCUT2D eigenvalue weighted by molar-refractivity contribution is 0.460. The Labute approximate surface area is 87.3 Å². The number of rotatable bonds is 4. The molecule has 0 amide bonds. The van der Waals surface area contributed by atoms with E-state index in [0.717, 1.165) is 6.42 Å². The third-order valence-electron chi connectivity index (χ3n) is 2.94. The van der Waals surface area contributed by atoms with Crippen LogP contribution in [0.3, 0.4) is 0 Å². The van der Waals surface area contributed by atoms with Gasteiger partial charge in [-0.1, -0.05) is 44.5 Å². The van der Waals surface area contributed by atoms with E-state index in [1.165, 1.54) is 17.5 Å². The lowest BCUT2D eigenvalue weighted by Crippen LogP contribution is -2.14. The van der Waals surface area contributed by atoms with Crippen molar-refractivity contribution in [3.63, 3.8) is 0 Å². The molecule has 1 rings (SSSR count). The molecule has 1 heteroatoms. The SMILES string of the molecule is CCC(C)CC(N)c1ccccc1C. The van der Waals surface area contributed by atoms with E-state index < -0.39 is 0 Å². The van der Waals surface area contributed by atoms with E-state index in [2.05, 4.69) is 45.0 Å². The van der Waals surface area contributed by atoms with Crippen LogP contribution in [0.2, 0.25) is 0 Å². The Balaban J connectivity index is 2.69. The second-order valence-corrected chi connectivity index (χ2v) is 4.21. The third-order valence-corrected chi connectivity index (χ3v) is 2.94. The maximum atomic E-state index is 6.17. The molecule has 1 aromatic carbocycles. The molecule has 0 radical (unpaired) electrons. The highest BCUT2D eigenvalue weighted by atomic mass is 14.6. The standard InChI is InChI=1S/C13H21N/c1-4-10(2)9-13(14)12-8-6-5-7-11(12)3/h5-8,10,13H,4,9,14H2,1-3H3. The van der Waals surface area contributed by atoms with Crippen molar-refractivity contribution in [2.75, 3.05) is 0 Å². The van der Waals surface area contributed by atoms with Gasteiger partial charge in [-0.15, -0.1) is 0 Å². The van der Waals surface area contributed by atoms with Gasteiger partial charge in [0.1, 0.15) is 0 Å². The van der Waals surface area contributed by atoms with Crippen LogP contribution in [0.15, 0.2) is 24.3 Å². The number of hydrogen-bond donors (Lipinski definition) is 1. The highest BCUT2D eigenvalue weighted by Gasteiger charge is 2.11. The fourth-order valence-corrected chi connectivity index (χ4v) is 1.73. The van der Waals surface area contributed by atoms with Gasteiger partial charge in [0.2, 0.25) is 0 Å². The Morgan fingerprint density at radius 3 is 2.50 bits per heavy atom.